The van der Waals surface area contributed by atoms with Crippen LogP contribution in [-0.4, -0.2) is 12.1 Å². The zero-order chi connectivity index (χ0) is 15.2. The fourth-order valence-electron chi connectivity index (χ4n) is 1.65. The van der Waals surface area contributed by atoms with E-state index in [1.807, 2.05) is 30.3 Å². The second kappa shape index (κ2) is 7.34. The van der Waals surface area contributed by atoms with Crippen LogP contribution in [0.5, 0.6) is 5.75 Å². The third-order valence-corrected chi connectivity index (χ3v) is 3.30. The number of hydrogen-bond acceptors (Lipinski definition) is 3. The van der Waals surface area contributed by atoms with Crippen LogP contribution in [0.2, 0.25) is 10.0 Å². The second-order valence-corrected chi connectivity index (χ2v) is 5.27. The molecule has 0 aliphatic carbocycles. The van der Waals surface area contributed by atoms with E-state index in [0.29, 0.717) is 15.8 Å². The first-order valence-corrected chi connectivity index (χ1v) is 7.14. The van der Waals surface area contributed by atoms with Crippen molar-refractivity contribution in [3.05, 3.63) is 64.1 Å². The molecule has 0 spiro atoms. The summed E-state index contributed by atoms with van der Waals surface area (Å²) in [4.78, 5) is 11.9. The van der Waals surface area contributed by atoms with Gasteiger partial charge < -0.3 is 9.47 Å². The molecule has 0 fully saturated rings. The Balaban J connectivity index is 1.92. The highest BCUT2D eigenvalue weighted by Gasteiger charge is 2.18. The summed E-state index contributed by atoms with van der Waals surface area (Å²) in [6.45, 7) is 1.81. The maximum absolute atomic E-state index is 11.9. The molecule has 0 heterocycles. The summed E-state index contributed by atoms with van der Waals surface area (Å²) in [7, 11) is 0. The molecule has 0 radical (unpaired) electrons. The summed E-state index contributed by atoms with van der Waals surface area (Å²) in [6.07, 6.45) is -0.773. The molecule has 0 aromatic heterocycles. The van der Waals surface area contributed by atoms with Gasteiger partial charge in [0.25, 0.3) is 0 Å². The molecule has 21 heavy (non-hydrogen) atoms. The summed E-state index contributed by atoms with van der Waals surface area (Å²) < 4.78 is 10.7. The number of esters is 1. The van der Waals surface area contributed by atoms with Gasteiger partial charge in [0, 0.05) is 11.1 Å². The van der Waals surface area contributed by atoms with Crippen molar-refractivity contribution < 1.29 is 14.3 Å². The molecule has 2 aromatic carbocycles. The fourth-order valence-corrected chi connectivity index (χ4v) is 1.98. The highest BCUT2D eigenvalue weighted by atomic mass is 35.5. The summed E-state index contributed by atoms with van der Waals surface area (Å²) in [6, 6.07) is 14.3. The number of hydrogen-bond donors (Lipinski definition) is 0. The Morgan fingerprint density at radius 3 is 2.57 bits per heavy atom. The summed E-state index contributed by atoms with van der Waals surface area (Å²) >= 11 is 11.8. The summed E-state index contributed by atoms with van der Waals surface area (Å²) in [5, 5.41) is 0.876. The van der Waals surface area contributed by atoms with Crippen LogP contribution in [0.1, 0.15) is 12.5 Å². The normalized spacial score (nSPS) is 11.8. The van der Waals surface area contributed by atoms with Crippen molar-refractivity contribution >= 4 is 29.2 Å². The highest BCUT2D eigenvalue weighted by molar-refractivity contribution is 6.34. The largest absolute Gasteiger partial charge is 0.477 e. The van der Waals surface area contributed by atoms with Gasteiger partial charge in [0.2, 0.25) is 0 Å². The number of halogens is 2. The van der Waals surface area contributed by atoms with Gasteiger partial charge >= 0.3 is 5.97 Å². The van der Waals surface area contributed by atoms with Gasteiger partial charge in [-0.05, 0) is 24.6 Å². The van der Waals surface area contributed by atoms with Crippen LogP contribution in [0, 0.1) is 0 Å². The van der Waals surface area contributed by atoms with Crippen molar-refractivity contribution in [1.29, 1.82) is 0 Å². The molecule has 0 aliphatic rings. The van der Waals surface area contributed by atoms with E-state index < -0.39 is 12.1 Å². The third-order valence-electron chi connectivity index (χ3n) is 2.75. The standard InChI is InChI=1S/C16H14Cl2O3/c1-11(21-15-9-13(17)7-8-14(15)18)16(19)20-10-12-5-3-2-4-6-12/h2-9,11H,10H2,1H3. The fraction of sp³-hybridized carbons (Fsp3) is 0.188. The molecule has 0 amide bonds. The van der Waals surface area contributed by atoms with Gasteiger partial charge in [-0.3, -0.25) is 0 Å². The van der Waals surface area contributed by atoms with Crippen molar-refractivity contribution in [3.8, 4) is 5.75 Å². The van der Waals surface area contributed by atoms with Crippen LogP contribution in [-0.2, 0) is 16.1 Å². The maximum Gasteiger partial charge on any atom is 0.347 e. The molecule has 3 nitrogen and oxygen atoms in total. The lowest BCUT2D eigenvalue weighted by Gasteiger charge is -2.15. The van der Waals surface area contributed by atoms with Crippen LogP contribution in [0.3, 0.4) is 0 Å². The Morgan fingerprint density at radius 2 is 1.86 bits per heavy atom. The maximum atomic E-state index is 11.9. The molecule has 0 bridgehead atoms. The number of carbonyl (C=O) groups is 1. The average molecular weight is 325 g/mol. The Bertz CT molecular complexity index is 614. The molecule has 5 heteroatoms. The number of ether oxygens (including phenoxy) is 2. The van der Waals surface area contributed by atoms with E-state index in [1.165, 1.54) is 0 Å². The van der Waals surface area contributed by atoms with Crippen molar-refractivity contribution in [2.24, 2.45) is 0 Å². The monoisotopic (exact) mass is 324 g/mol. The van der Waals surface area contributed by atoms with Crippen molar-refractivity contribution in [3.63, 3.8) is 0 Å². The zero-order valence-electron chi connectivity index (χ0n) is 11.4. The topological polar surface area (TPSA) is 35.5 Å². The Labute approximate surface area is 133 Å². The smallest absolute Gasteiger partial charge is 0.347 e. The quantitative estimate of drug-likeness (QED) is 0.759. The number of benzene rings is 2. The molecule has 1 atom stereocenters. The van der Waals surface area contributed by atoms with Crippen molar-refractivity contribution in [2.75, 3.05) is 0 Å². The van der Waals surface area contributed by atoms with Crippen LogP contribution >= 0.6 is 23.2 Å². The molecule has 0 saturated carbocycles. The minimum atomic E-state index is -0.773. The van der Waals surface area contributed by atoms with Gasteiger partial charge in [0.05, 0.1) is 5.02 Å². The summed E-state index contributed by atoms with van der Waals surface area (Å²) in [5.74, 6) is -0.108. The molecule has 2 aromatic rings. The second-order valence-electron chi connectivity index (χ2n) is 4.43. The van der Waals surface area contributed by atoms with E-state index in [-0.39, 0.29) is 6.61 Å². The summed E-state index contributed by atoms with van der Waals surface area (Å²) in [5.41, 5.74) is 0.916. The SMILES string of the molecule is CC(Oc1cc(Cl)ccc1Cl)C(=O)OCc1ccccc1. The first-order valence-electron chi connectivity index (χ1n) is 6.38. The number of carbonyl (C=O) groups excluding carboxylic acids is 1. The van der Waals surface area contributed by atoms with Gasteiger partial charge in [0.15, 0.2) is 6.10 Å². The average Bonchev–Trinajstić information content (AvgIpc) is 2.49. The lowest BCUT2D eigenvalue weighted by Crippen LogP contribution is -2.26. The van der Waals surface area contributed by atoms with Crippen LogP contribution in [0.4, 0.5) is 0 Å². The number of rotatable bonds is 5. The zero-order valence-corrected chi connectivity index (χ0v) is 12.9. The minimum absolute atomic E-state index is 0.205. The molecular weight excluding hydrogens is 311 g/mol. The van der Waals surface area contributed by atoms with Crippen LogP contribution in [0.15, 0.2) is 48.5 Å². The van der Waals surface area contributed by atoms with Gasteiger partial charge in [-0.2, -0.15) is 0 Å². The Morgan fingerprint density at radius 1 is 1.14 bits per heavy atom. The molecule has 0 aliphatic heterocycles. The van der Waals surface area contributed by atoms with Crippen molar-refractivity contribution in [1.82, 2.24) is 0 Å². The van der Waals surface area contributed by atoms with E-state index >= 15 is 0 Å². The van der Waals surface area contributed by atoms with Gasteiger partial charge in [-0.1, -0.05) is 53.5 Å². The Kier molecular flexibility index (Phi) is 5.48. The van der Waals surface area contributed by atoms with Gasteiger partial charge in [-0.15, -0.1) is 0 Å². The lowest BCUT2D eigenvalue weighted by atomic mass is 10.2. The van der Waals surface area contributed by atoms with E-state index in [1.54, 1.807) is 25.1 Å². The molecule has 2 rings (SSSR count). The third kappa shape index (κ3) is 4.66. The van der Waals surface area contributed by atoms with E-state index in [2.05, 4.69) is 0 Å². The van der Waals surface area contributed by atoms with E-state index in [9.17, 15) is 4.79 Å². The minimum Gasteiger partial charge on any atom is -0.477 e. The first-order chi connectivity index (χ1) is 10.1. The molecule has 110 valence electrons. The van der Waals surface area contributed by atoms with Gasteiger partial charge in [0.1, 0.15) is 12.4 Å². The van der Waals surface area contributed by atoms with Crippen molar-refractivity contribution in [2.45, 2.75) is 19.6 Å². The predicted octanol–water partition coefficient (Wildman–Crippen LogP) is 4.50. The van der Waals surface area contributed by atoms with Crippen LogP contribution in [0.25, 0.3) is 0 Å². The molecular formula is C16H14Cl2O3. The predicted molar refractivity (Wildman–Crippen MR) is 82.8 cm³/mol. The van der Waals surface area contributed by atoms with Crippen LogP contribution < -0.4 is 4.74 Å². The molecule has 1 unspecified atom stereocenters. The highest BCUT2D eigenvalue weighted by Crippen LogP contribution is 2.28. The van der Waals surface area contributed by atoms with E-state index in [4.69, 9.17) is 32.7 Å². The van der Waals surface area contributed by atoms with Gasteiger partial charge in [-0.25, -0.2) is 4.79 Å². The first kappa shape index (κ1) is 15.7. The molecule has 0 N–H and O–H groups in total. The molecule has 0 saturated heterocycles. The lowest BCUT2D eigenvalue weighted by molar-refractivity contribution is -0.152. The van der Waals surface area contributed by atoms with E-state index in [0.717, 1.165) is 5.56 Å². The Hall–Kier alpha value is -1.71.